The molecule has 0 bridgehead atoms. The van der Waals surface area contributed by atoms with Gasteiger partial charge in [-0.25, -0.2) is 0 Å². The van der Waals surface area contributed by atoms with Crippen LogP contribution in [0.25, 0.3) is 0 Å². The molecule has 11 heavy (non-hydrogen) atoms. The van der Waals surface area contributed by atoms with E-state index in [1.165, 1.54) is 18.6 Å². The van der Waals surface area contributed by atoms with Gasteiger partial charge in [-0.15, -0.1) is 0 Å². The van der Waals surface area contributed by atoms with Crippen LogP contribution in [0.3, 0.4) is 0 Å². The Morgan fingerprint density at radius 2 is 1.82 bits per heavy atom. The van der Waals surface area contributed by atoms with Crippen molar-refractivity contribution in [2.75, 3.05) is 0 Å². The normalized spacial score (nSPS) is 11.1. The quantitative estimate of drug-likeness (QED) is 0.615. The number of aliphatic hydroxyl groups excluding tert-OH is 2. The summed E-state index contributed by atoms with van der Waals surface area (Å²) in [5.74, 6) is 0. The highest BCUT2D eigenvalue weighted by atomic mass is 16.5. The van der Waals surface area contributed by atoms with E-state index in [2.05, 4.69) is 17.9 Å². The molecule has 0 aromatic heterocycles. The minimum atomic E-state index is -0.532. The lowest BCUT2D eigenvalue weighted by molar-refractivity contribution is 0.240. The van der Waals surface area contributed by atoms with Crippen LogP contribution in [0.15, 0.2) is 38.0 Å². The van der Waals surface area contributed by atoms with Crippen LogP contribution < -0.4 is 0 Å². The third-order valence-electron chi connectivity index (χ3n) is 0.557. The van der Waals surface area contributed by atoms with Gasteiger partial charge in [0.1, 0.15) is 0 Å². The molecule has 0 amide bonds. The van der Waals surface area contributed by atoms with Crippen LogP contribution in [0, 0.1) is 0 Å². The highest BCUT2D eigenvalue weighted by Gasteiger charge is 1.79. The van der Waals surface area contributed by atoms with Crippen LogP contribution in [0.1, 0.15) is 6.92 Å². The average molecular weight is 158 g/mol. The molecule has 1 atom stereocenters. The van der Waals surface area contributed by atoms with Crippen LogP contribution >= 0.6 is 0 Å². The Bertz CT molecular complexity index is 111. The zero-order valence-electron chi connectivity index (χ0n) is 6.60. The molecule has 0 aliphatic heterocycles. The topological polar surface area (TPSA) is 49.7 Å². The van der Waals surface area contributed by atoms with E-state index in [1.54, 1.807) is 6.92 Å². The van der Waals surface area contributed by atoms with Gasteiger partial charge >= 0.3 is 0 Å². The summed E-state index contributed by atoms with van der Waals surface area (Å²) in [5, 5.41) is 16.2. The largest absolute Gasteiger partial charge is 0.516 e. The van der Waals surface area contributed by atoms with Crippen molar-refractivity contribution in [2.45, 2.75) is 13.0 Å². The van der Waals surface area contributed by atoms with Crippen molar-refractivity contribution in [1.82, 2.24) is 0 Å². The Hall–Kier alpha value is -1.22. The van der Waals surface area contributed by atoms with Crippen molar-refractivity contribution in [2.24, 2.45) is 0 Å². The van der Waals surface area contributed by atoms with Crippen LogP contribution in [0.4, 0.5) is 0 Å². The predicted octanol–water partition coefficient (Wildman–Crippen LogP) is 1.73. The molecule has 0 spiro atoms. The van der Waals surface area contributed by atoms with E-state index >= 15 is 0 Å². The summed E-state index contributed by atoms with van der Waals surface area (Å²) in [6.45, 7) is 8.08. The SMILES string of the molecule is C=COC=C.CC(O)C=CO. The standard InChI is InChI=1S/C4H8O2.C4H6O/c1-4(6)2-3-5;1-3-5-4-2/h2-6H,1H3;3-4H,1-2H2. The minimum absolute atomic E-state index is 0.532. The first kappa shape index (κ1) is 12.5. The first-order chi connectivity index (χ1) is 5.18. The number of rotatable bonds is 3. The van der Waals surface area contributed by atoms with Gasteiger partial charge in [0.05, 0.1) is 24.9 Å². The van der Waals surface area contributed by atoms with Gasteiger partial charge in [-0.05, 0) is 13.0 Å². The Balaban J connectivity index is 0. The lowest BCUT2D eigenvalue weighted by atomic mass is 10.4. The molecule has 0 aliphatic carbocycles. The van der Waals surface area contributed by atoms with Gasteiger partial charge < -0.3 is 14.9 Å². The van der Waals surface area contributed by atoms with Crippen molar-refractivity contribution < 1.29 is 14.9 Å². The van der Waals surface area contributed by atoms with E-state index in [0.29, 0.717) is 0 Å². The molecule has 2 N–H and O–H groups in total. The van der Waals surface area contributed by atoms with Crippen molar-refractivity contribution in [3.8, 4) is 0 Å². The molecule has 3 heteroatoms. The summed E-state index contributed by atoms with van der Waals surface area (Å²) in [6, 6.07) is 0. The second-order valence-electron chi connectivity index (χ2n) is 1.55. The molecule has 3 nitrogen and oxygen atoms in total. The summed E-state index contributed by atoms with van der Waals surface area (Å²) in [7, 11) is 0. The van der Waals surface area contributed by atoms with E-state index in [1.807, 2.05) is 0 Å². The van der Waals surface area contributed by atoms with Gasteiger partial charge in [-0.1, -0.05) is 13.2 Å². The van der Waals surface area contributed by atoms with Gasteiger partial charge in [0.25, 0.3) is 0 Å². The molecule has 0 aliphatic rings. The summed E-state index contributed by atoms with van der Waals surface area (Å²) in [5.41, 5.74) is 0. The van der Waals surface area contributed by atoms with Crippen molar-refractivity contribution in [3.63, 3.8) is 0 Å². The van der Waals surface area contributed by atoms with Crippen LogP contribution in [-0.4, -0.2) is 16.3 Å². The number of hydrogen-bond donors (Lipinski definition) is 2. The second-order valence-corrected chi connectivity index (χ2v) is 1.55. The van der Waals surface area contributed by atoms with Gasteiger partial charge in [0, 0.05) is 0 Å². The second kappa shape index (κ2) is 11.6. The van der Waals surface area contributed by atoms with E-state index in [4.69, 9.17) is 10.2 Å². The maximum Gasteiger partial charge on any atom is 0.0829 e. The molecule has 1 unspecified atom stereocenters. The monoisotopic (exact) mass is 158 g/mol. The fraction of sp³-hybridized carbons (Fsp3) is 0.250. The highest BCUT2D eigenvalue weighted by Crippen LogP contribution is 1.76. The molecule has 64 valence electrons. The number of aliphatic hydroxyl groups is 2. The van der Waals surface area contributed by atoms with Gasteiger partial charge in [0.2, 0.25) is 0 Å². The van der Waals surface area contributed by atoms with E-state index < -0.39 is 6.10 Å². The van der Waals surface area contributed by atoms with Crippen molar-refractivity contribution >= 4 is 0 Å². The molecule has 0 fully saturated rings. The molecule has 0 saturated heterocycles. The molecule has 0 radical (unpaired) electrons. The zero-order valence-corrected chi connectivity index (χ0v) is 6.60. The van der Waals surface area contributed by atoms with Crippen LogP contribution in [0.2, 0.25) is 0 Å². The fourth-order valence-electron chi connectivity index (χ4n) is 0.193. The molecule has 0 rings (SSSR count). The predicted molar refractivity (Wildman–Crippen MR) is 44.9 cm³/mol. The summed E-state index contributed by atoms with van der Waals surface area (Å²) >= 11 is 0. The van der Waals surface area contributed by atoms with Gasteiger partial charge in [-0.3, -0.25) is 0 Å². The minimum Gasteiger partial charge on any atom is -0.516 e. The van der Waals surface area contributed by atoms with E-state index in [9.17, 15) is 0 Å². The molecular formula is C8H14O3. The van der Waals surface area contributed by atoms with Crippen molar-refractivity contribution in [3.05, 3.63) is 38.0 Å². The first-order valence-electron chi connectivity index (χ1n) is 3.05. The Kier molecular flexibility index (Phi) is 13.1. The Labute approximate surface area is 66.9 Å². The van der Waals surface area contributed by atoms with E-state index in [-0.39, 0.29) is 0 Å². The Morgan fingerprint density at radius 1 is 1.36 bits per heavy atom. The summed E-state index contributed by atoms with van der Waals surface area (Å²) in [6.07, 6.45) is 4.19. The molecule has 0 aromatic carbocycles. The van der Waals surface area contributed by atoms with Gasteiger partial charge in [0.15, 0.2) is 0 Å². The van der Waals surface area contributed by atoms with E-state index in [0.717, 1.165) is 6.26 Å². The van der Waals surface area contributed by atoms with Gasteiger partial charge in [-0.2, -0.15) is 0 Å². The van der Waals surface area contributed by atoms with Crippen LogP contribution in [0.5, 0.6) is 0 Å². The van der Waals surface area contributed by atoms with Crippen molar-refractivity contribution in [1.29, 1.82) is 0 Å². The maximum absolute atomic E-state index is 8.31. The third-order valence-corrected chi connectivity index (χ3v) is 0.557. The molecule has 0 aromatic rings. The third kappa shape index (κ3) is 28.2. The maximum atomic E-state index is 8.31. The fourth-order valence-corrected chi connectivity index (χ4v) is 0.193. The Morgan fingerprint density at radius 3 is 1.82 bits per heavy atom. The summed E-state index contributed by atoms with van der Waals surface area (Å²) in [4.78, 5) is 0. The smallest absolute Gasteiger partial charge is 0.0829 e. The van der Waals surface area contributed by atoms with Crippen LogP contribution in [-0.2, 0) is 4.74 Å². The molecular weight excluding hydrogens is 144 g/mol. The zero-order chi connectivity index (χ0) is 9.11. The first-order valence-corrected chi connectivity index (χ1v) is 3.05. The lowest BCUT2D eigenvalue weighted by Crippen LogP contribution is -1.90. The number of hydrogen-bond acceptors (Lipinski definition) is 3. The average Bonchev–Trinajstić information content (AvgIpc) is 1.90. The lowest BCUT2D eigenvalue weighted by Gasteiger charge is -1.86. The summed E-state index contributed by atoms with van der Waals surface area (Å²) < 4.78 is 4.36. The molecule has 0 saturated carbocycles. The highest BCUT2D eigenvalue weighted by molar-refractivity contribution is 4.77. The number of ether oxygens (including phenoxy) is 1. The molecule has 0 heterocycles.